The molecule has 0 saturated heterocycles. The average molecular weight is 394 g/mol. The first kappa shape index (κ1) is 20.4. The van der Waals surface area contributed by atoms with Crippen molar-refractivity contribution >= 4 is 35.1 Å². The SMILES string of the molecule is CCc1noc(C)c1C(=O)OCC(=O)N(C)CC(=O)Nc1ccccc1Cl. The van der Waals surface area contributed by atoms with Crippen LogP contribution >= 0.6 is 11.6 Å². The molecular formula is C18H20ClN3O5. The summed E-state index contributed by atoms with van der Waals surface area (Å²) in [6.07, 6.45) is 0.498. The van der Waals surface area contributed by atoms with Crippen molar-refractivity contribution in [3.8, 4) is 0 Å². The summed E-state index contributed by atoms with van der Waals surface area (Å²) in [6, 6.07) is 6.76. The number of rotatable bonds is 7. The van der Waals surface area contributed by atoms with Gasteiger partial charge in [-0.2, -0.15) is 0 Å². The Morgan fingerprint density at radius 1 is 1.30 bits per heavy atom. The van der Waals surface area contributed by atoms with E-state index in [4.69, 9.17) is 20.9 Å². The van der Waals surface area contributed by atoms with E-state index in [2.05, 4.69) is 10.5 Å². The molecule has 0 unspecified atom stereocenters. The van der Waals surface area contributed by atoms with Gasteiger partial charge in [-0.3, -0.25) is 9.59 Å². The van der Waals surface area contributed by atoms with Crippen molar-refractivity contribution in [2.75, 3.05) is 25.5 Å². The molecule has 0 atom stereocenters. The Labute approximate surface area is 161 Å². The van der Waals surface area contributed by atoms with Crippen LogP contribution in [0, 0.1) is 6.92 Å². The van der Waals surface area contributed by atoms with Gasteiger partial charge in [0.2, 0.25) is 5.91 Å². The van der Waals surface area contributed by atoms with Gasteiger partial charge in [-0.15, -0.1) is 0 Å². The summed E-state index contributed by atoms with van der Waals surface area (Å²) in [5.74, 6) is -1.30. The molecule has 8 nitrogen and oxygen atoms in total. The van der Waals surface area contributed by atoms with E-state index in [0.29, 0.717) is 28.6 Å². The maximum absolute atomic E-state index is 12.1. The van der Waals surface area contributed by atoms with Crippen LogP contribution in [0.3, 0.4) is 0 Å². The fraction of sp³-hybridized carbons (Fsp3) is 0.333. The lowest BCUT2D eigenvalue weighted by molar-refractivity contribution is -0.136. The van der Waals surface area contributed by atoms with Gasteiger partial charge in [-0.1, -0.05) is 35.8 Å². The van der Waals surface area contributed by atoms with Gasteiger partial charge in [0.1, 0.15) is 11.3 Å². The Morgan fingerprint density at radius 3 is 2.67 bits per heavy atom. The minimum absolute atomic E-state index is 0.214. The van der Waals surface area contributed by atoms with Crippen LogP contribution in [0.25, 0.3) is 0 Å². The second kappa shape index (κ2) is 9.18. The Kier molecular flexibility index (Phi) is 6.95. The summed E-state index contributed by atoms with van der Waals surface area (Å²) < 4.78 is 10.00. The number of hydrogen-bond acceptors (Lipinski definition) is 6. The summed E-state index contributed by atoms with van der Waals surface area (Å²) in [4.78, 5) is 37.5. The molecule has 144 valence electrons. The molecular weight excluding hydrogens is 374 g/mol. The normalized spacial score (nSPS) is 10.4. The van der Waals surface area contributed by atoms with E-state index >= 15 is 0 Å². The smallest absolute Gasteiger partial charge is 0.344 e. The molecule has 0 fully saturated rings. The van der Waals surface area contributed by atoms with Crippen LogP contribution in [0.2, 0.25) is 5.02 Å². The molecule has 9 heteroatoms. The number of halogens is 1. The number of nitrogens with one attached hydrogen (secondary N) is 1. The number of esters is 1. The minimum Gasteiger partial charge on any atom is -0.452 e. The maximum atomic E-state index is 12.1. The molecule has 1 aromatic carbocycles. The average Bonchev–Trinajstić information content (AvgIpc) is 3.02. The van der Waals surface area contributed by atoms with E-state index in [-0.39, 0.29) is 12.1 Å². The first-order valence-electron chi connectivity index (χ1n) is 8.24. The summed E-state index contributed by atoms with van der Waals surface area (Å²) in [6.45, 7) is 2.71. The van der Waals surface area contributed by atoms with Crippen LogP contribution in [0.4, 0.5) is 5.69 Å². The standard InChI is InChI=1S/C18H20ClN3O5/c1-4-13-17(11(2)27-21-13)18(25)26-10-16(24)22(3)9-15(23)20-14-8-6-5-7-12(14)19/h5-8H,4,9-10H2,1-3H3,(H,20,23). The number of benzene rings is 1. The predicted molar refractivity (Wildman–Crippen MR) is 98.6 cm³/mol. The zero-order valence-corrected chi connectivity index (χ0v) is 16.0. The van der Waals surface area contributed by atoms with Crippen molar-refractivity contribution in [3.63, 3.8) is 0 Å². The van der Waals surface area contributed by atoms with Crippen LogP contribution in [0.15, 0.2) is 28.8 Å². The molecule has 27 heavy (non-hydrogen) atoms. The number of para-hydroxylation sites is 1. The molecule has 2 rings (SSSR count). The van der Waals surface area contributed by atoms with Gasteiger partial charge in [0.25, 0.3) is 5.91 Å². The highest BCUT2D eigenvalue weighted by Gasteiger charge is 2.22. The number of carbonyl (C=O) groups is 3. The van der Waals surface area contributed by atoms with E-state index in [1.165, 1.54) is 7.05 Å². The highest BCUT2D eigenvalue weighted by Crippen LogP contribution is 2.20. The molecule has 0 bridgehead atoms. The highest BCUT2D eigenvalue weighted by atomic mass is 35.5. The van der Waals surface area contributed by atoms with Gasteiger partial charge < -0.3 is 19.5 Å². The second-order valence-electron chi connectivity index (χ2n) is 5.77. The minimum atomic E-state index is -0.687. The van der Waals surface area contributed by atoms with Crippen LogP contribution in [0.5, 0.6) is 0 Å². The quantitative estimate of drug-likeness (QED) is 0.725. The molecule has 0 aliphatic heterocycles. The van der Waals surface area contributed by atoms with E-state index in [0.717, 1.165) is 4.90 Å². The lowest BCUT2D eigenvalue weighted by atomic mass is 10.1. The fourth-order valence-corrected chi connectivity index (χ4v) is 2.47. The number of aromatic nitrogens is 1. The van der Waals surface area contributed by atoms with E-state index in [9.17, 15) is 14.4 Å². The molecule has 0 saturated carbocycles. The number of anilines is 1. The van der Waals surface area contributed by atoms with Crippen LogP contribution in [0.1, 0.15) is 28.7 Å². The Bertz CT molecular complexity index is 849. The van der Waals surface area contributed by atoms with Gasteiger partial charge in [-0.25, -0.2) is 4.79 Å². The third-order valence-electron chi connectivity index (χ3n) is 3.75. The summed E-state index contributed by atoms with van der Waals surface area (Å²) in [5.41, 5.74) is 1.15. The van der Waals surface area contributed by atoms with Crippen LogP contribution < -0.4 is 5.32 Å². The Balaban J connectivity index is 1.86. The lowest BCUT2D eigenvalue weighted by Crippen LogP contribution is -2.37. The summed E-state index contributed by atoms with van der Waals surface area (Å²) in [7, 11) is 1.43. The maximum Gasteiger partial charge on any atom is 0.344 e. The highest BCUT2D eigenvalue weighted by molar-refractivity contribution is 6.33. The first-order chi connectivity index (χ1) is 12.8. The molecule has 1 heterocycles. The van der Waals surface area contributed by atoms with Gasteiger partial charge >= 0.3 is 5.97 Å². The monoisotopic (exact) mass is 393 g/mol. The largest absolute Gasteiger partial charge is 0.452 e. The van der Waals surface area contributed by atoms with Gasteiger partial charge in [-0.05, 0) is 25.5 Å². The van der Waals surface area contributed by atoms with E-state index < -0.39 is 24.4 Å². The first-order valence-corrected chi connectivity index (χ1v) is 8.61. The third-order valence-corrected chi connectivity index (χ3v) is 4.08. The number of likely N-dealkylation sites (N-methyl/N-ethyl adjacent to an activating group) is 1. The van der Waals surface area contributed by atoms with Crippen molar-refractivity contribution < 1.29 is 23.6 Å². The third kappa shape index (κ3) is 5.30. The Hall–Kier alpha value is -2.87. The van der Waals surface area contributed by atoms with E-state index in [1.54, 1.807) is 31.2 Å². The van der Waals surface area contributed by atoms with Gasteiger partial charge in [0, 0.05) is 7.05 Å². The second-order valence-corrected chi connectivity index (χ2v) is 6.18. The van der Waals surface area contributed by atoms with Gasteiger partial charge in [0.15, 0.2) is 6.61 Å². The van der Waals surface area contributed by atoms with Crippen molar-refractivity contribution in [1.29, 1.82) is 0 Å². The molecule has 0 spiro atoms. The molecule has 0 radical (unpaired) electrons. The fourth-order valence-electron chi connectivity index (χ4n) is 2.29. The predicted octanol–water partition coefficient (Wildman–Crippen LogP) is 2.45. The number of amides is 2. The van der Waals surface area contributed by atoms with Crippen molar-refractivity contribution in [2.45, 2.75) is 20.3 Å². The zero-order chi connectivity index (χ0) is 20.0. The molecule has 1 N–H and O–H groups in total. The molecule has 2 amide bonds. The van der Waals surface area contributed by atoms with Crippen LogP contribution in [-0.2, 0) is 20.7 Å². The number of carbonyl (C=O) groups excluding carboxylic acids is 3. The molecule has 1 aromatic heterocycles. The zero-order valence-electron chi connectivity index (χ0n) is 15.2. The molecule has 0 aliphatic carbocycles. The lowest BCUT2D eigenvalue weighted by Gasteiger charge is -2.17. The number of ether oxygens (including phenoxy) is 1. The molecule has 0 aliphatic rings. The van der Waals surface area contributed by atoms with Gasteiger partial charge in [0.05, 0.1) is 22.9 Å². The van der Waals surface area contributed by atoms with Crippen molar-refractivity contribution in [3.05, 3.63) is 46.3 Å². The van der Waals surface area contributed by atoms with E-state index in [1.807, 2.05) is 6.92 Å². The number of nitrogens with zero attached hydrogens (tertiary/aromatic N) is 2. The number of aryl methyl sites for hydroxylation is 2. The topological polar surface area (TPSA) is 102 Å². The Morgan fingerprint density at radius 2 is 2.00 bits per heavy atom. The van der Waals surface area contributed by atoms with Crippen molar-refractivity contribution in [2.24, 2.45) is 0 Å². The molecule has 2 aromatic rings. The van der Waals surface area contributed by atoms with Crippen LogP contribution in [-0.4, -0.2) is 48.0 Å². The van der Waals surface area contributed by atoms with Crippen molar-refractivity contribution in [1.82, 2.24) is 10.1 Å². The summed E-state index contributed by atoms with van der Waals surface area (Å²) in [5, 5.41) is 6.77. The summed E-state index contributed by atoms with van der Waals surface area (Å²) >= 11 is 5.97. The number of hydrogen-bond donors (Lipinski definition) is 1.